The second-order valence-corrected chi connectivity index (χ2v) is 9.67. The molecule has 2 aromatic carbocycles. The highest BCUT2D eigenvalue weighted by Gasteiger charge is 2.39. The van der Waals surface area contributed by atoms with Gasteiger partial charge in [-0.1, -0.05) is 48.5 Å². The van der Waals surface area contributed by atoms with E-state index < -0.39 is 23.8 Å². The average molecular weight is 538 g/mol. The van der Waals surface area contributed by atoms with Crippen LogP contribution in [0.2, 0.25) is 0 Å². The summed E-state index contributed by atoms with van der Waals surface area (Å²) in [5.41, 5.74) is 1.78. The number of fused-ring (bicyclic) bond motifs is 1. The molecule has 7 nitrogen and oxygen atoms in total. The number of para-hydroxylation sites is 1. The Kier molecular flexibility index (Phi) is 7.72. The molecule has 0 unspecified atom stereocenters. The fourth-order valence-electron chi connectivity index (χ4n) is 5.24. The molecule has 0 bridgehead atoms. The first-order valence-corrected chi connectivity index (χ1v) is 13.0. The summed E-state index contributed by atoms with van der Waals surface area (Å²) in [4.78, 5) is 17.9. The number of hydrogen-bond acceptors (Lipinski definition) is 4. The van der Waals surface area contributed by atoms with E-state index in [-0.39, 0.29) is 12.1 Å². The van der Waals surface area contributed by atoms with Crippen LogP contribution in [0.3, 0.4) is 0 Å². The summed E-state index contributed by atoms with van der Waals surface area (Å²) in [6.07, 6.45) is 1.67. The standard InChI is InChI=1S/C29H30F3N5O2/c1-39-25-14-8-5-11-21(25)18-36-16-15-33-28(36)23(17-20-9-3-2-4-10-20)34-26(38)19-37-24-13-7-6-12-22(24)27(35-37)29(30,31)32/h2-5,8-11,14-16,23H,6-7,12-13,17-19H2,1H3,(H,34,38)/t23-/m0/s1. The fraction of sp³-hybridized carbons (Fsp3) is 0.345. The molecule has 4 aromatic rings. The lowest BCUT2D eigenvalue weighted by Crippen LogP contribution is -2.35. The first-order valence-electron chi connectivity index (χ1n) is 13.0. The number of imidazole rings is 1. The maximum absolute atomic E-state index is 13.6. The topological polar surface area (TPSA) is 74.0 Å². The molecule has 1 N–H and O–H groups in total. The van der Waals surface area contributed by atoms with E-state index in [2.05, 4.69) is 15.4 Å². The molecule has 2 heterocycles. The molecule has 0 radical (unpaired) electrons. The van der Waals surface area contributed by atoms with Crippen molar-refractivity contribution >= 4 is 5.91 Å². The average Bonchev–Trinajstić information content (AvgIpc) is 3.54. The molecule has 0 saturated carbocycles. The van der Waals surface area contributed by atoms with Gasteiger partial charge in [0, 0.05) is 29.2 Å². The van der Waals surface area contributed by atoms with Gasteiger partial charge in [-0.2, -0.15) is 18.3 Å². The van der Waals surface area contributed by atoms with Crippen LogP contribution < -0.4 is 10.1 Å². The summed E-state index contributed by atoms with van der Waals surface area (Å²) in [6.45, 7) is 0.180. The van der Waals surface area contributed by atoms with Crippen LogP contribution in [0.4, 0.5) is 13.2 Å². The van der Waals surface area contributed by atoms with E-state index in [0.717, 1.165) is 23.3 Å². The lowest BCUT2D eigenvalue weighted by atomic mass is 9.95. The molecule has 204 valence electrons. The molecule has 10 heteroatoms. The molecule has 0 saturated heterocycles. The predicted molar refractivity (Wildman–Crippen MR) is 139 cm³/mol. The van der Waals surface area contributed by atoms with Gasteiger partial charge in [-0.15, -0.1) is 0 Å². The number of nitrogens with one attached hydrogen (secondary N) is 1. The van der Waals surface area contributed by atoms with Crippen LogP contribution in [0.25, 0.3) is 0 Å². The minimum Gasteiger partial charge on any atom is -0.496 e. The summed E-state index contributed by atoms with van der Waals surface area (Å²) >= 11 is 0. The number of methoxy groups -OCH3 is 1. The normalized spacial score (nSPS) is 14.1. The number of carbonyl (C=O) groups excluding carboxylic acids is 1. The zero-order chi connectivity index (χ0) is 27.4. The van der Waals surface area contributed by atoms with Gasteiger partial charge in [0.2, 0.25) is 5.91 Å². The van der Waals surface area contributed by atoms with Crippen molar-refractivity contribution < 1.29 is 22.7 Å². The first kappa shape index (κ1) is 26.5. The Morgan fingerprint density at radius 2 is 1.82 bits per heavy atom. The van der Waals surface area contributed by atoms with Crippen LogP contribution in [0, 0.1) is 0 Å². The Morgan fingerprint density at radius 3 is 2.59 bits per heavy atom. The van der Waals surface area contributed by atoms with Crippen molar-refractivity contribution in [3.8, 4) is 5.75 Å². The molecule has 1 amide bonds. The summed E-state index contributed by atoms with van der Waals surface area (Å²) in [5.74, 6) is 0.952. The second kappa shape index (κ2) is 11.3. The molecule has 1 aliphatic rings. The SMILES string of the molecule is COc1ccccc1Cn1ccnc1[C@H](Cc1ccccc1)NC(=O)Cn1nc(C(F)(F)F)c2c1CCCC2. The number of aromatic nitrogens is 4. The number of ether oxygens (including phenoxy) is 1. The smallest absolute Gasteiger partial charge is 0.435 e. The van der Waals surface area contributed by atoms with Gasteiger partial charge in [-0.05, 0) is 43.7 Å². The summed E-state index contributed by atoms with van der Waals surface area (Å²) < 4.78 is 49.6. The zero-order valence-corrected chi connectivity index (χ0v) is 21.6. The van der Waals surface area contributed by atoms with E-state index in [1.165, 1.54) is 4.68 Å². The summed E-state index contributed by atoms with van der Waals surface area (Å²) in [5, 5.41) is 6.88. The van der Waals surface area contributed by atoms with Gasteiger partial charge in [0.15, 0.2) is 5.69 Å². The number of halogens is 3. The molecular formula is C29H30F3N5O2. The number of benzene rings is 2. The van der Waals surface area contributed by atoms with Gasteiger partial charge in [-0.25, -0.2) is 4.98 Å². The molecule has 1 atom stereocenters. The Labute approximate surface area is 224 Å². The zero-order valence-electron chi connectivity index (χ0n) is 21.6. The number of nitrogens with zero attached hydrogens (tertiary/aromatic N) is 4. The van der Waals surface area contributed by atoms with Crippen molar-refractivity contribution in [3.63, 3.8) is 0 Å². The highest BCUT2D eigenvalue weighted by atomic mass is 19.4. The lowest BCUT2D eigenvalue weighted by Gasteiger charge is -2.21. The van der Waals surface area contributed by atoms with Crippen LogP contribution in [-0.4, -0.2) is 32.3 Å². The van der Waals surface area contributed by atoms with Crippen molar-refractivity contribution in [3.05, 3.63) is 101 Å². The van der Waals surface area contributed by atoms with Gasteiger partial charge < -0.3 is 14.6 Å². The monoisotopic (exact) mass is 537 g/mol. The minimum atomic E-state index is -4.55. The molecule has 39 heavy (non-hydrogen) atoms. The van der Waals surface area contributed by atoms with E-state index in [1.54, 1.807) is 13.3 Å². The maximum atomic E-state index is 13.6. The third kappa shape index (κ3) is 6.00. The van der Waals surface area contributed by atoms with Crippen LogP contribution in [0.15, 0.2) is 67.0 Å². The molecular weight excluding hydrogens is 507 g/mol. The van der Waals surface area contributed by atoms with E-state index in [4.69, 9.17) is 4.74 Å². The quantitative estimate of drug-likeness (QED) is 0.321. The van der Waals surface area contributed by atoms with Crippen molar-refractivity contribution in [1.29, 1.82) is 0 Å². The largest absolute Gasteiger partial charge is 0.496 e. The van der Waals surface area contributed by atoms with Crippen LogP contribution in [-0.2, 0) is 43.3 Å². The summed E-state index contributed by atoms with van der Waals surface area (Å²) in [6, 6.07) is 16.8. The van der Waals surface area contributed by atoms with Crippen molar-refractivity contribution in [2.24, 2.45) is 0 Å². The summed E-state index contributed by atoms with van der Waals surface area (Å²) in [7, 11) is 1.62. The maximum Gasteiger partial charge on any atom is 0.435 e. The first-order chi connectivity index (χ1) is 18.8. The predicted octanol–water partition coefficient (Wildman–Crippen LogP) is 5.13. The van der Waals surface area contributed by atoms with Crippen molar-refractivity contribution in [1.82, 2.24) is 24.6 Å². The van der Waals surface area contributed by atoms with Gasteiger partial charge in [0.25, 0.3) is 0 Å². The number of carbonyl (C=O) groups is 1. The molecule has 0 aliphatic heterocycles. The Bertz CT molecular complexity index is 1430. The van der Waals surface area contributed by atoms with Crippen LogP contribution in [0.5, 0.6) is 5.75 Å². The Morgan fingerprint density at radius 1 is 1.08 bits per heavy atom. The Hall–Kier alpha value is -4.08. The number of alkyl halides is 3. The fourth-order valence-corrected chi connectivity index (χ4v) is 5.24. The molecule has 0 fully saturated rings. The van der Waals surface area contributed by atoms with Crippen LogP contribution >= 0.6 is 0 Å². The van der Waals surface area contributed by atoms with Crippen LogP contribution in [0.1, 0.15) is 52.8 Å². The second-order valence-electron chi connectivity index (χ2n) is 9.67. The number of rotatable bonds is 9. The van der Waals surface area contributed by atoms with E-state index >= 15 is 0 Å². The molecule has 0 spiro atoms. The van der Waals surface area contributed by atoms with Gasteiger partial charge in [0.1, 0.15) is 18.1 Å². The van der Waals surface area contributed by atoms with E-state index in [1.807, 2.05) is 65.4 Å². The minimum absolute atomic E-state index is 0.217. The molecule has 5 rings (SSSR count). The van der Waals surface area contributed by atoms with Crippen molar-refractivity contribution in [2.45, 2.75) is 57.4 Å². The third-order valence-electron chi connectivity index (χ3n) is 7.03. The van der Waals surface area contributed by atoms with E-state index in [9.17, 15) is 18.0 Å². The molecule has 1 aliphatic carbocycles. The lowest BCUT2D eigenvalue weighted by molar-refractivity contribution is -0.142. The highest BCUT2D eigenvalue weighted by Crippen LogP contribution is 2.35. The van der Waals surface area contributed by atoms with Gasteiger partial charge >= 0.3 is 6.18 Å². The van der Waals surface area contributed by atoms with Gasteiger partial charge in [-0.3, -0.25) is 9.48 Å². The Balaban J connectivity index is 1.41. The molecule has 2 aromatic heterocycles. The highest BCUT2D eigenvalue weighted by molar-refractivity contribution is 5.76. The number of hydrogen-bond donors (Lipinski definition) is 1. The van der Waals surface area contributed by atoms with E-state index in [0.29, 0.717) is 43.7 Å². The number of amides is 1. The third-order valence-corrected chi connectivity index (χ3v) is 7.03. The van der Waals surface area contributed by atoms with Crippen molar-refractivity contribution in [2.75, 3.05) is 7.11 Å². The van der Waals surface area contributed by atoms with Gasteiger partial charge in [0.05, 0.1) is 19.7 Å².